The summed E-state index contributed by atoms with van der Waals surface area (Å²) in [6, 6.07) is 5.99. The smallest absolute Gasteiger partial charge is 0.343 e. The molecule has 0 saturated heterocycles. The Balaban J connectivity index is 2.60. The molecule has 0 atom stereocenters. The van der Waals surface area contributed by atoms with Crippen LogP contribution in [0.5, 0.6) is 5.75 Å². The summed E-state index contributed by atoms with van der Waals surface area (Å²) in [7, 11) is 0. The summed E-state index contributed by atoms with van der Waals surface area (Å²) in [5, 5.41) is 17.5. The minimum absolute atomic E-state index is 0.0459. The fraction of sp³-hybridized carbons (Fsp3) is 0.167. The number of hydrogen-bond donors (Lipinski definition) is 2. The Labute approximate surface area is 96.8 Å². The molecule has 5 heteroatoms. The summed E-state index contributed by atoms with van der Waals surface area (Å²) < 4.78 is 9.96. The molecule has 1 heterocycles. The number of carbonyl (C=O) groups excluding carboxylic acids is 1. The molecule has 0 fully saturated rings. The number of nitrogens with one attached hydrogen (secondary N) is 1. The Kier molecular flexibility index (Phi) is 2.82. The lowest BCUT2D eigenvalue weighted by atomic mass is 10.2. The predicted molar refractivity (Wildman–Crippen MR) is 59.7 cm³/mol. The van der Waals surface area contributed by atoms with Gasteiger partial charge < -0.3 is 14.3 Å². The van der Waals surface area contributed by atoms with E-state index >= 15 is 0 Å². The molecule has 0 aliphatic heterocycles. The minimum atomic E-state index is -0.587. The van der Waals surface area contributed by atoms with Gasteiger partial charge in [0.1, 0.15) is 16.9 Å². The molecule has 88 valence electrons. The lowest BCUT2D eigenvalue weighted by Crippen LogP contribution is -2.16. The molecule has 0 bridgehead atoms. The fourth-order valence-corrected chi connectivity index (χ4v) is 1.48. The molecule has 2 N–H and O–H groups in total. The van der Waals surface area contributed by atoms with Gasteiger partial charge in [-0.15, -0.1) is 0 Å². The number of benzene rings is 1. The first-order valence-electron chi connectivity index (χ1n) is 5.10. The number of phenols is 1. The van der Waals surface area contributed by atoms with Crippen LogP contribution in [-0.2, 0) is 4.74 Å². The van der Waals surface area contributed by atoms with Crippen LogP contribution >= 0.6 is 0 Å². The third-order valence-corrected chi connectivity index (χ3v) is 2.25. The van der Waals surface area contributed by atoms with E-state index in [-0.39, 0.29) is 23.5 Å². The van der Waals surface area contributed by atoms with E-state index in [0.717, 1.165) is 0 Å². The molecule has 2 rings (SSSR count). The topological polar surface area (TPSA) is 83.5 Å². The summed E-state index contributed by atoms with van der Waals surface area (Å²) in [5.41, 5.74) is 0.148. The van der Waals surface area contributed by atoms with Gasteiger partial charge in [-0.05, 0) is 25.1 Å². The van der Waals surface area contributed by atoms with Crippen molar-refractivity contribution in [1.29, 1.82) is 5.41 Å². The molecule has 0 saturated carbocycles. The number of fused-ring (bicyclic) bond motifs is 1. The number of carbonyl (C=O) groups is 1. The molecule has 1 aromatic heterocycles. The van der Waals surface area contributed by atoms with E-state index in [1.165, 1.54) is 18.2 Å². The van der Waals surface area contributed by atoms with E-state index in [2.05, 4.69) is 0 Å². The van der Waals surface area contributed by atoms with Crippen molar-refractivity contribution < 1.29 is 19.1 Å². The van der Waals surface area contributed by atoms with Crippen LogP contribution in [0.15, 0.2) is 28.7 Å². The molecular formula is C12H11NO4. The number of aromatic hydroxyl groups is 1. The van der Waals surface area contributed by atoms with Crippen molar-refractivity contribution in [3.05, 3.63) is 35.4 Å². The lowest BCUT2D eigenvalue weighted by molar-refractivity contribution is 0.0521. The van der Waals surface area contributed by atoms with Gasteiger partial charge in [-0.2, -0.15) is 0 Å². The minimum Gasteiger partial charge on any atom is -0.508 e. The molecule has 0 spiro atoms. The van der Waals surface area contributed by atoms with Crippen LogP contribution in [0.1, 0.15) is 17.3 Å². The maximum absolute atomic E-state index is 11.5. The average molecular weight is 233 g/mol. The predicted octanol–water partition coefficient (Wildman–Crippen LogP) is 1.79. The zero-order valence-corrected chi connectivity index (χ0v) is 9.19. The van der Waals surface area contributed by atoms with Gasteiger partial charge in [0.25, 0.3) is 0 Å². The molecule has 0 amide bonds. The summed E-state index contributed by atoms with van der Waals surface area (Å²) in [6.07, 6.45) is 0. The maximum Gasteiger partial charge on any atom is 0.343 e. The van der Waals surface area contributed by atoms with E-state index in [1.807, 2.05) is 0 Å². The Morgan fingerprint density at radius 1 is 1.47 bits per heavy atom. The monoisotopic (exact) mass is 233 g/mol. The highest BCUT2D eigenvalue weighted by Crippen LogP contribution is 2.19. The van der Waals surface area contributed by atoms with Gasteiger partial charge in [0.15, 0.2) is 0 Å². The van der Waals surface area contributed by atoms with Gasteiger partial charge in [0.2, 0.25) is 5.55 Å². The normalized spacial score (nSPS) is 10.4. The van der Waals surface area contributed by atoms with Gasteiger partial charge in [-0.25, -0.2) is 4.79 Å². The van der Waals surface area contributed by atoms with Crippen LogP contribution < -0.4 is 5.55 Å². The fourth-order valence-electron chi connectivity index (χ4n) is 1.48. The standard InChI is InChI=1S/C12H11NO4/c1-2-16-12(15)9-5-7-3-4-8(14)6-10(7)17-11(9)13/h3-6,13-14H,2H2,1H3. The molecule has 0 unspecified atom stereocenters. The lowest BCUT2D eigenvalue weighted by Gasteiger charge is -2.03. The molecule has 0 aliphatic rings. The Morgan fingerprint density at radius 3 is 2.94 bits per heavy atom. The average Bonchev–Trinajstić information content (AvgIpc) is 2.28. The van der Waals surface area contributed by atoms with E-state index in [1.54, 1.807) is 13.0 Å². The molecule has 0 radical (unpaired) electrons. The largest absolute Gasteiger partial charge is 0.508 e. The van der Waals surface area contributed by atoms with Crippen LogP contribution in [0.3, 0.4) is 0 Å². The molecule has 5 nitrogen and oxygen atoms in total. The van der Waals surface area contributed by atoms with Crippen molar-refractivity contribution in [2.24, 2.45) is 0 Å². The Bertz CT molecular complexity index is 630. The number of phenolic OH excluding ortho intramolecular Hbond substituents is 1. The quantitative estimate of drug-likeness (QED) is 0.774. The van der Waals surface area contributed by atoms with Crippen LogP contribution in [-0.4, -0.2) is 17.7 Å². The van der Waals surface area contributed by atoms with E-state index in [4.69, 9.17) is 14.6 Å². The third-order valence-electron chi connectivity index (χ3n) is 2.25. The molecule has 2 aromatic rings. The summed E-state index contributed by atoms with van der Waals surface area (Å²) in [5.74, 6) is -0.541. The van der Waals surface area contributed by atoms with Crippen LogP contribution in [0.2, 0.25) is 0 Å². The maximum atomic E-state index is 11.5. The van der Waals surface area contributed by atoms with Crippen LogP contribution in [0, 0.1) is 5.41 Å². The second kappa shape index (κ2) is 4.29. The molecule has 17 heavy (non-hydrogen) atoms. The summed E-state index contributed by atoms with van der Waals surface area (Å²) in [6.45, 7) is 1.93. The first kappa shape index (κ1) is 11.2. The highest BCUT2D eigenvalue weighted by molar-refractivity contribution is 5.92. The summed E-state index contributed by atoms with van der Waals surface area (Å²) >= 11 is 0. The first-order valence-corrected chi connectivity index (χ1v) is 5.10. The van der Waals surface area contributed by atoms with Gasteiger partial charge in [-0.1, -0.05) is 0 Å². The van der Waals surface area contributed by atoms with Gasteiger partial charge in [-0.3, -0.25) is 5.41 Å². The molecule has 1 aromatic carbocycles. The highest BCUT2D eigenvalue weighted by atomic mass is 16.5. The van der Waals surface area contributed by atoms with Crippen molar-refractivity contribution in [2.75, 3.05) is 6.61 Å². The van der Waals surface area contributed by atoms with Crippen molar-refractivity contribution in [3.63, 3.8) is 0 Å². The van der Waals surface area contributed by atoms with Crippen molar-refractivity contribution >= 4 is 16.9 Å². The number of hydrogen-bond acceptors (Lipinski definition) is 5. The van der Waals surface area contributed by atoms with E-state index < -0.39 is 5.97 Å². The summed E-state index contributed by atoms with van der Waals surface area (Å²) in [4.78, 5) is 11.5. The third kappa shape index (κ3) is 2.13. The van der Waals surface area contributed by atoms with E-state index in [0.29, 0.717) is 11.0 Å². The zero-order valence-electron chi connectivity index (χ0n) is 9.19. The highest BCUT2D eigenvalue weighted by Gasteiger charge is 2.12. The van der Waals surface area contributed by atoms with Gasteiger partial charge in [0.05, 0.1) is 6.61 Å². The molecular weight excluding hydrogens is 222 g/mol. The number of esters is 1. The number of rotatable bonds is 2. The zero-order chi connectivity index (χ0) is 12.4. The van der Waals surface area contributed by atoms with Crippen molar-refractivity contribution in [2.45, 2.75) is 6.92 Å². The Hall–Kier alpha value is -2.30. The van der Waals surface area contributed by atoms with Gasteiger partial charge >= 0.3 is 5.97 Å². The molecule has 0 aliphatic carbocycles. The number of ether oxygens (including phenoxy) is 1. The Morgan fingerprint density at radius 2 is 2.24 bits per heavy atom. The first-order chi connectivity index (χ1) is 8.11. The van der Waals surface area contributed by atoms with Crippen LogP contribution in [0.4, 0.5) is 0 Å². The SMILES string of the molecule is CCOC(=O)c1cc2ccc(O)cc2oc1=N. The van der Waals surface area contributed by atoms with E-state index in [9.17, 15) is 9.90 Å². The van der Waals surface area contributed by atoms with Gasteiger partial charge in [0, 0.05) is 11.5 Å². The van der Waals surface area contributed by atoms with Crippen molar-refractivity contribution in [3.8, 4) is 5.75 Å². The second-order valence-electron chi connectivity index (χ2n) is 3.43. The van der Waals surface area contributed by atoms with Crippen LogP contribution in [0.25, 0.3) is 11.0 Å². The second-order valence-corrected chi connectivity index (χ2v) is 3.43. The van der Waals surface area contributed by atoms with Crippen molar-refractivity contribution in [1.82, 2.24) is 0 Å².